The van der Waals surface area contributed by atoms with Crippen LogP contribution >= 0.6 is 11.8 Å². The predicted octanol–water partition coefficient (Wildman–Crippen LogP) is 2.73. The number of aryl methyl sites for hydroxylation is 2. The minimum Gasteiger partial charge on any atom is -0.508 e. The van der Waals surface area contributed by atoms with Crippen molar-refractivity contribution < 1.29 is 5.11 Å². The number of phenols is 1. The average molecular weight is 168 g/mol. The molecule has 60 valence electrons. The number of hydrogen-bond acceptors (Lipinski definition) is 2. The number of thioether (sulfide) groups is 1. The minimum atomic E-state index is 0.389. The van der Waals surface area contributed by atoms with Crippen LogP contribution in [0.15, 0.2) is 17.0 Å². The molecule has 1 N–H and O–H groups in total. The fourth-order valence-electron chi connectivity index (χ4n) is 0.994. The molecule has 0 aliphatic carbocycles. The van der Waals surface area contributed by atoms with E-state index < -0.39 is 0 Å². The van der Waals surface area contributed by atoms with Gasteiger partial charge in [0.2, 0.25) is 0 Å². The highest BCUT2D eigenvalue weighted by molar-refractivity contribution is 7.98. The topological polar surface area (TPSA) is 20.2 Å². The smallest absolute Gasteiger partial charge is 0.118 e. The lowest BCUT2D eigenvalue weighted by Crippen LogP contribution is -1.81. The van der Waals surface area contributed by atoms with Crippen LogP contribution in [0.5, 0.6) is 5.75 Å². The number of benzene rings is 1. The molecule has 1 aromatic rings. The summed E-state index contributed by atoms with van der Waals surface area (Å²) in [6.07, 6.45) is 2.04. The zero-order chi connectivity index (χ0) is 8.43. The van der Waals surface area contributed by atoms with E-state index in [-0.39, 0.29) is 0 Å². The molecule has 2 heteroatoms. The molecule has 1 aromatic carbocycles. The molecule has 0 saturated heterocycles. The van der Waals surface area contributed by atoms with Gasteiger partial charge in [0, 0.05) is 4.90 Å². The second-order valence-electron chi connectivity index (χ2n) is 2.61. The monoisotopic (exact) mass is 168 g/mol. The van der Waals surface area contributed by atoms with Crippen LogP contribution in [0.3, 0.4) is 0 Å². The maximum absolute atomic E-state index is 9.31. The van der Waals surface area contributed by atoms with E-state index in [4.69, 9.17) is 0 Å². The largest absolute Gasteiger partial charge is 0.508 e. The summed E-state index contributed by atoms with van der Waals surface area (Å²) in [5, 5.41) is 9.31. The number of hydrogen-bond donors (Lipinski definition) is 1. The fourth-order valence-corrected chi connectivity index (χ4v) is 1.67. The molecule has 1 rings (SSSR count). The first kappa shape index (κ1) is 8.47. The van der Waals surface area contributed by atoms with Gasteiger partial charge >= 0.3 is 0 Å². The molecule has 0 atom stereocenters. The van der Waals surface area contributed by atoms with E-state index in [1.54, 1.807) is 17.8 Å². The predicted molar refractivity (Wildman–Crippen MR) is 49.4 cm³/mol. The molecule has 0 fully saturated rings. The van der Waals surface area contributed by atoms with Gasteiger partial charge in [0.25, 0.3) is 0 Å². The summed E-state index contributed by atoms with van der Waals surface area (Å²) in [6.45, 7) is 3.92. The number of aromatic hydroxyl groups is 1. The van der Waals surface area contributed by atoms with Gasteiger partial charge in [0.05, 0.1) is 0 Å². The average Bonchev–Trinajstić information content (AvgIpc) is 1.97. The van der Waals surface area contributed by atoms with Gasteiger partial charge in [0.1, 0.15) is 5.75 Å². The Bertz CT molecular complexity index is 269. The van der Waals surface area contributed by atoms with E-state index in [0.29, 0.717) is 5.75 Å². The maximum Gasteiger partial charge on any atom is 0.118 e. The van der Waals surface area contributed by atoms with Crippen LogP contribution in [-0.2, 0) is 0 Å². The third kappa shape index (κ3) is 1.69. The third-order valence-corrected chi connectivity index (χ3v) is 2.59. The van der Waals surface area contributed by atoms with Gasteiger partial charge in [-0.3, -0.25) is 0 Å². The maximum atomic E-state index is 9.31. The van der Waals surface area contributed by atoms with Crippen molar-refractivity contribution >= 4 is 11.8 Å². The summed E-state index contributed by atoms with van der Waals surface area (Å²) in [7, 11) is 0. The quantitative estimate of drug-likeness (QED) is 0.651. The molecule has 0 saturated carbocycles. The molecule has 11 heavy (non-hydrogen) atoms. The van der Waals surface area contributed by atoms with Crippen LogP contribution in [-0.4, -0.2) is 11.4 Å². The zero-order valence-corrected chi connectivity index (χ0v) is 7.83. The van der Waals surface area contributed by atoms with E-state index in [0.717, 1.165) is 11.1 Å². The lowest BCUT2D eigenvalue weighted by Gasteiger charge is -2.05. The lowest BCUT2D eigenvalue weighted by atomic mass is 10.1. The van der Waals surface area contributed by atoms with E-state index >= 15 is 0 Å². The van der Waals surface area contributed by atoms with Gasteiger partial charge < -0.3 is 5.11 Å². The first-order chi connectivity index (χ1) is 5.15. The molecule has 0 radical (unpaired) electrons. The van der Waals surface area contributed by atoms with Crippen molar-refractivity contribution in [2.75, 3.05) is 6.26 Å². The Morgan fingerprint density at radius 3 is 2.36 bits per heavy atom. The van der Waals surface area contributed by atoms with Gasteiger partial charge in [-0.2, -0.15) is 0 Å². The number of phenolic OH excluding ortho intramolecular Hbond substituents is 1. The minimum absolute atomic E-state index is 0.389. The highest BCUT2D eigenvalue weighted by atomic mass is 32.2. The Kier molecular flexibility index (Phi) is 2.45. The fraction of sp³-hybridized carbons (Fsp3) is 0.333. The highest BCUT2D eigenvalue weighted by Crippen LogP contribution is 2.26. The molecule has 0 heterocycles. The molecule has 0 aliphatic heterocycles. The molecule has 0 spiro atoms. The van der Waals surface area contributed by atoms with Crippen LogP contribution < -0.4 is 0 Å². The third-order valence-electron chi connectivity index (χ3n) is 1.71. The molecule has 0 bridgehead atoms. The summed E-state index contributed by atoms with van der Waals surface area (Å²) < 4.78 is 0. The van der Waals surface area contributed by atoms with Crippen molar-refractivity contribution in [3.05, 3.63) is 23.3 Å². The van der Waals surface area contributed by atoms with Crippen molar-refractivity contribution in [1.82, 2.24) is 0 Å². The molecule has 0 aliphatic rings. The molecule has 0 amide bonds. The van der Waals surface area contributed by atoms with Gasteiger partial charge in [-0.25, -0.2) is 0 Å². The van der Waals surface area contributed by atoms with Crippen LogP contribution in [0.4, 0.5) is 0 Å². The highest BCUT2D eigenvalue weighted by Gasteiger charge is 2.00. The number of rotatable bonds is 1. The van der Waals surface area contributed by atoms with Crippen LogP contribution in [0.25, 0.3) is 0 Å². The standard InChI is InChI=1S/C9H12OS/c1-6-5-9(11-3)7(2)4-8(6)10/h4-5,10H,1-3H3. The van der Waals surface area contributed by atoms with Crippen LogP contribution in [0, 0.1) is 13.8 Å². The van der Waals surface area contributed by atoms with Gasteiger partial charge in [0.15, 0.2) is 0 Å². The Morgan fingerprint density at radius 1 is 1.18 bits per heavy atom. The molecule has 1 nitrogen and oxygen atoms in total. The SMILES string of the molecule is CSc1cc(C)c(O)cc1C. The Hall–Kier alpha value is -0.630. The van der Waals surface area contributed by atoms with Gasteiger partial charge in [-0.05, 0) is 43.4 Å². The Morgan fingerprint density at radius 2 is 1.82 bits per heavy atom. The van der Waals surface area contributed by atoms with E-state index in [1.807, 2.05) is 26.2 Å². The lowest BCUT2D eigenvalue weighted by molar-refractivity contribution is 0.470. The van der Waals surface area contributed by atoms with Crippen molar-refractivity contribution in [3.63, 3.8) is 0 Å². The Labute approximate surface area is 71.4 Å². The van der Waals surface area contributed by atoms with E-state index in [9.17, 15) is 5.11 Å². The molecule has 0 aromatic heterocycles. The second kappa shape index (κ2) is 3.18. The zero-order valence-electron chi connectivity index (χ0n) is 7.01. The first-order valence-electron chi connectivity index (χ1n) is 3.49. The summed E-state index contributed by atoms with van der Waals surface area (Å²) >= 11 is 1.71. The second-order valence-corrected chi connectivity index (χ2v) is 3.46. The van der Waals surface area contributed by atoms with Crippen molar-refractivity contribution in [2.24, 2.45) is 0 Å². The van der Waals surface area contributed by atoms with Crippen LogP contribution in [0.1, 0.15) is 11.1 Å². The summed E-state index contributed by atoms with van der Waals surface area (Å²) in [4.78, 5) is 1.24. The van der Waals surface area contributed by atoms with Gasteiger partial charge in [-0.1, -0.05) is 0 Å². The Balaban J connectivity index is 3.21. The van der Waals surface area contributed by atoms with E-state index in [2.05, 4.69) is 0 Å². The first-order valence-corrected chi connectivity index (χ1v) is 4.72. The summed E-state index contributed by atoms with van der Waals surface area (Å²) in [5.74, 6) is 0.389. The summed E-state index contributed by atoms with van der Waals surface area (Å²) in [6, 6.07) is 3.82. The van der Waals surface area contributed by atoms with Crippen molar-refractivity contribution in [2.45, 2.75) is 18.7 Å². The van der Waals surface area contributed by atoms with Crippen LogP contribution in [0.2, 0.25) is 0 Å². The van der Waals surface area contributed by atoms with Gasteiger partial charge in [-0.15, -0.1) is 11.8 Å². The normalized spacial score (nSPS) is 10.1. The van der Waals surface area contributed by atoms with Crippen molar-refractivity contribution in [1.29, 1.82) is 0 Å². The molecular weight excluding hydrogens is 156 g/mol. The summed E-state index contributed by atoms with van der Waals surface area (Å²) in [5.41, 5.74) is 2.08. The molecule has 0 unspecified atom stereocenters. The van der Waals surface area contributed by atoms with Crippen molar-refractivity contribution in [3.8, 4) is 5.75 Å². The molecular formula is C9H12OS. The van der Waals surface area contributed by atoms with E-state index in [1.165, 1.54) is 4.90 Å².